The molecule has 0 radical (unpaired) electrons. The topological polar surface area (TPSA) is 160 Å². The van der Waals surface area contributed by atoms with Gasteiger partial charge in [-0.25, -0.2) is 24.9 Å². The van der Waals surface area contributed by atoms with Crippen molar-refractivity contribution in [2.45, 2.75) is 13.8 Å². The molecular formula is C21H21N9O3. The Kier molecular flexibility index (Phi) is 5.81. The lowest BCUT2D eigenvalue weighted by atomic mass is 10.1. The normalized spacial score (nSPS) is 10.7. The number of aryl methyl sites for hydroxylation is 2. The summed E-state index contributed by atoms with van der Waals surface area (Å²) in [5.41, 5.74) is 2.29. The van der Waals surface area contributed by atoms with E-state index in [1.807, 2.05) is 6.92 Å². The lowest BCUT2D eigenvalue weighted by molar-refractivity contribution is 0.0963. The van der Waals surface area contributed by atoms with E-state index in [2.05, 4.69) is 45.9 Å². The molecule has 0 saturated carbocycles. The number of amides is 2. The van der Waals surface area contributed by atoms with Gasteiger partial charge in [-0.3, -0.25) is 9.59 Å². The molecule has 4 heterocycles. The van der Waals surface area contributed by atoms with Gasteiger partial charge >= 0.3 is 0 Å². The standard InChI is InChI=1S/C21H21N9O3/c1-10-5-16(28-11(2)27-10)30-15-6-14(12(7-23-15)20(31)22-3)29-21(32)13-8-24-19-17(18(13)33-4)25-9-26-19/h5-9H,1-4H3,(H,22,31)(H,24,25,26)(H2,23,27,28,29,30,32). The van der Waals surface area contributed by atoms with Crippen molar-refractivity contribution >= 4 is 40.3 Å². The molecule has 0 aliphatic rings. The first kappa shape index (κ1) is 21.6. The summed E-state index contributed by atoms with van der Waals surface area (Å²) < 4.78 is 5.41. The quantitative estimate of drug-likeness (QED) is 0.347. The Morgan fingerprint density at radius 2 is 1.76 bits per heavy atom. The van der Waals surface area contributed by atoms with Crippen LogP contribution in [0.25, 0.3) is 11.2 Å². The summed E-state index contributed by atoms with van der Waals surface area (Å²) in [6.07, 6.45) is 4.19. The number of fused-ring (bicyclic) bond motifs is 1. The Balaban J connectivity index is 1.70. The maximum atomic E-state index is 13.1. The van der Waals surface area contributed by atoms with E-state index >= 15 is 0 Å². The first-order valence-electron chi connectivity index (χ1n) is 9.88. The fourth-order valence-electron chi connectivity index (χ4n) is 3.29. The summed E-state index contributed by atoms with van der Waals surface area (Å²) in [7, 11) is 2.94. The number of methoxy groups -OCH3 is 1. The van der Waals surface area contributed by atoms with Gasteiger partial charge in [0.05, 0.1) is 24.7 Å². The summed E-state index contributed by atoms with van der Waals surface area (Å²) in [6.45, 7) is 3.63. The third-order valence-electron chi connectivity index (χ3n) is 4.70. The molecule has 0 aromatic carbocycles. The number of hydrogen-bond donors (Lipinski definition) is 4. The minimum Gasteiger partial charge on any atom is -0.494 e. The van der Waals surface area contributed by atoms with Gasteiger partial charge in [0.2, 0.25) is 0 Å². The number of ether oxygens (including phenoxy) is 1. The number of nitrogens with one attached hydrogen (secondary N) is 4. The van der Waals surface area contributed by atoms with Gasteiger partial charge in [-0.15, -0.1) is 0 Å². The average molecular weight is 447 g/mol. The summed E-state index contributed by atoms with van der Waals surface area (Å²) in [5, 5.41) is 8.37. The molecule has 12 nitrogen and oxygen atoms in total. The largest absolute Gasteiger partial charge is 0.494 e. The zero-order valence-electron chi connectivity index (χ0n) is 18.3. The summed E-state index contributed by atoms with van der Waals surface area (Å²) >= 11 is 0. The molecule has 4 N–H and O–H groups in total. The molecule has 2 amide bonds. The number of carbonyl (C=O) groups is 2. The first-order chi connectivity index (χ1) is 15.9. The molecule has 0 bridgehead atoms. The molecule has 0 aliphatic heterocycles. The van der Waals surface area contributed by atoms with Crippen molar-refractivity contribution in [1.29, 1.82) is 0 Å². The number of hydrogen-bond acceptors (Lipinski definition) is 9. The van der Waals surface area contributed by atoms with Crippen molar-refractivity contribution in [2.75, 3.05) is 24.8 Å². The van der Waals surface area contributed by atoms with Crippen LogP contribution < -0.4 is 20.7 Å². The monoisotopic (exact) mass is 447 g/mol. The Hall–Kier alpha value is -4.61. The summed E-state index contributed by atoms with van der Waals surface area (Å²) in [5.74, 6) is 0.870. The smallest absolute Gasteiger partial charge is 0.261 e. The zero-order chi connectivity index (χ0) is 23.5. The fourth-order valence-corrected chi connectivity index (χ4v) is 3.29. The predicted octanol–water partition coefficient (Wildman–Crippen LogP) is 2.12. The highest BCUT2D eigenvalue weighted by Gasteiger charge is 2.21. The number of imidazole rings is 1. The highest BCUT2D eigenvalue weighted by molar-refractivity contribution is 6.11. The van der Waals surface area contributed by atoms with E-state index in [4.69, 9.17) is 4.74 Å². The zero-order valence-corrected chi connectivity index (χ0v) is 18.3. The van der Waals surface area contributed by atoms with Crippen LogP contribution in [0.15, 0.2) is 30.9 Å². The minimum absolute atomic E-state index is 0.172. The number of H-pyrrole nitrogens is 1. The second-order valence-corrected chi connectivity index (χ2v) is 7.02. The molecule has 0 spiro atoms. The van der Waals surface area contributed by atoms with Crippen molar-refractivity contribution in [2.24, 2.45) is 0 Å². The van der Waals surface area contributed by atoms with Crippen LogP contribution in [0.3, 0.4) is 0 Å². The number of aromatic nitrogens is 6. The van der Waals surface area contributed by atoms with Crippen molar-refractivity contribution < 1.29 is 14.3 Å². The second-order valence-electron chi connectivity index (χ2n) is 7.02. The maximum Gasteiger partial charge on any atom is 0.261 e. The van der Waals surface area contributed by atoms with Crippen molar-refractivity contribution in [3.63, 3.8) is 0 Å². The van der Waals surface area contributed by atoms with Crippen LogP contribution in [0, 0.1) is 13.8 Å². The molecule has 0 atom stereocenters. The van der Waals surface area contributed by atoms with Crippen LogP contribution in [0.4, 0.5) is 17.3 Å². The van der Waals surface area contributed by atoms with Gasteiger partial charge in [0.25, 0.3) is 11.8 Å². The molecular weight excluding hydrogens is 426 g/mol. The van der Waals surface area contributed by atoms with Gasteiger partial charge in [-0.05, 0) is 13.8 Å². The number of nitrogens with zero attached hydrogens (tertiary/aromatic N) is 5. The highest BCUT2D eigenvalue weighted by atomic mass is 16.5. The molecule has 168 valence electrons. The number of pyridine rings is 2. The van der Waals surface area contributed by atoms with Crippen LogP contribution in [0.5, 0.6) is 5.75 Å². The van der Waals surface area contributed by atoms with Crippen molar-refractivity contribution in [3.8, 4) is 5.75 Å². The Morgan fingerprint density at radius 3 is 2.48 bits per heavy atom. The molecule has 4 aromatic heterocycles. The van der Waals surface area contributed by atoms with E-state index in [-0.39, 0.29) is 22.6 Å². The van der Waals surface area contributed by atoms with Crippen LogP contribution in [0.2, 0.25) is 0 Å². The summed E-state index contributed by atoms with van der Waals surface area (Å²) in [6, 6.07) is 3.31. The molecule has 0 aliphatic carbocycles. The van der Waals surface area contributed by atoms with E-state index in [0.717, 1.165) is 5.69 Å². The summed E-state index contributed by atoms with van der Waals surface area (Å²) in [4.78, 5) is 49.5. The third-order valence-corrected chi connectivity index (χ3v) is 4.70. The van der Waals surface area contributed by atoms with E-state index < -0.39 is 11.8 Å². The molecule has 4 aromatic rings. The van der Waals surface area contributed by atoms with E-state index in [1.54, 1.807) is 19.1 Å². The lowest BCUT2D eigenvalue weighted by Gasteiger charge is -2.14. The van der Waals surface area contributed by atoms with Gasteiger partial charge in [0, 0.05) is 37.3 Å². The highest BCUT2D eigenvalue weighted by Crippen LogP contribution is 2.28. The van der Waals surface area contributed by atoms with E-state index in [1.165, 1.54) is 32.9 Å². The number of carbonyl (C=O) groups excluding carboxylic acids is 2. The minimum atomic E-state index is -0.521. The molecule has 0 fully saturated rings. The van der Waals surface area contributed by atoms with E-state index in [0.29, 0.717) is 28.6 Å². The maximum absolute atomic E-state index is 13.1. The van der Waals surface area contributed by atoms with Crippen LogP contribution in [0.1, 0.15) is 32.2 Å². The number of rotatable bonds is 6. The van der Waals surface area contributed by atoms with Gasteiger partial charge < -0.3 is 25.7 Å². The first-order valence-corrected chi connectivity index (χ1v) is 9.88. The second kappa shape index (κ2) is 8.86. The Bertz CT molecular complexity index is 1350. The lowest BCUT2D eigenvalue weighted by Crippen LogP contribution is -2.22. The third kappa shape index (κ3) is 4.39. The molecule has 0 saturated heterocycles. The predicted molar refractivity (Wildman–Crippen MR) is 121 cm³/mol. The molecule has 4 rings (SSSR count). The average Bonchev–Trinajstić information content (AvgIpc) is 3.26. The molecule has 0 unspecified atom stereocenters. The van der Waals surface area contributed by atoms with Crippen molar-refractivity contribution in [1.82, 2.24) is 35.2 Å². The van der Waals surface area contributed by atoms with Crippen LogP contribution >= 0.6 is 0 Å². The SMILES string of the molecule is CNC(=O)c1cnc(Nc2cc(C)nc(C)n2)cc1NC(=O)c1cnc2nc[nH]c2c1OC. The van der Waals surface area contributed by atoms with E-state index in [9.17, 15) is 9.59 Å². The number of aromatic amines is 1. The van der Waals surface area contributed by atoms with Crippen LogP contribution in [-0.2, 0) is 0 Å². The molecule has 33 heavy (non-hydrogen) atoms. The fraction of sp³-hybridized carbons (Fsp3) is 0.190. The number of anilines is 3. The van der Waals surface area contributed by atoms with Gasteiger partial charge in [0.15, 0.2) is 11.4 Å². The Labute approximate surface area is 188 Å². The van der Waals surface area contributed by atoms with Gasteiger partial charge in [-0.1, -0.05) is 0 Å². The van der Waals surface area contributed by atoms with Gasteiger partial charge in [-0.2, -0.15) is 0 Å². The Morgan fingerprint density at radius 1 is 0.970 bits per heavy atom. The van der Waals surface area contributed by atoms with Crippen LogP contribution in [-0.4, -0.2) is 55.9 Å². The molecule has 12 heteroatoms. The van der Waals surface area contributed by atoms with Crippen molar-refractivity contribution in [3.05, 3.63) is 53.5 Å². The van der Waals surface area contributed by atoms with Gasteiger partial charge in [0.1, 0.15) is 28.5 Å².